The minimum atomic E-state index is 0. The van der Waals surface area contributed by atoms with E-state index in [0.717, 1.165) is 6.42 Å². The van der Waals surface area contributed by atoms with E-state index in [-0.39, 0.29) is 35.6 Å². The maximum absolute atomic E-state index is 2.99. The van der Waals surface area contributed by atoms with Crippen LogP contribution in [0.3, 0.4) is 0 Å². The summed E-state index contributed by atoms with van der Waals surface area (Å²) in [6.07, 6.45) is 10.0. The molecule has 3 heteroatoms. The number of fused-ring (bicyclic) bond motifs is 5. The van der Waals surface area contributed by atoms with Crippen molar-refractivity contribution in [2.24, 2.45) is 0 Å². The molecule has 44 heavy (non-hydrogen) atoms. The summed E-state index contributed by atoms with van der Waals surface area (Å²) in [5, 5.41) is 8.08. The van der Waals surface area contributed by atoms with Crippen LogP contribution >= 0.6 is 0 Å². The second-order valence-electron chi connectivity index (χ2n) is 11.8. The molecule has 222 valence electrons. The SMILES string of the molecule is CC(C)([C](=[Zr+2])C(C)(C)c1ccccc1)c1ccccc1.[C-]1=CC=CC1.[Cl-].[Cl-].c1ccc2c(c1)ccc1c3ccccc3[cH-]c21. The molecule has 0 atom stereocenters. The van der Waals surface area contributed by atoms with Crippen LogP contribution < -0.4 is 24.8 Å². The fourth-order valence-electron chi connectivity index (χ4n) is 5.83. The molecule has 6 aromatic rings. The number of hydrogen-bond donors (Lipinski definition) is 0. The Morgan fingerprint density at radius 2 is 1.14 bits per heavy atom. The molecule has 0 fully saturated rings. The number of rotatable bonds is 4. The van der Waals surface area contributed by atoms with Crippen LogP contribution in [0, 0.1) is 6.08 Å². The van der Waals surface area contributed by atoms with Crippen LogP contribution in [-0.2, 0) is 35.1 Å². The van der Waals surface area contributed by atoms with E-state index in [1.165, 1.54) is 67.7 Å². The Kier molecular flexibility index (Phi) is 12.8. The van der Waals surface area contributed by atoms with E-state index in [9.17, 15) is 0 Å². The summed E-state index contributed by atoms with van der Waals surface area (Å²) >= 11 is 1.51. The number of benzene rings is 5. The van der Waals surface area contributed by atoms with Crippen molar-refractivity contribution >= 4 is 35.5 Å². The normalized spacial score (nSPS) is 12.0. The van der Waals surface area contributed by atoms with Crippen molar-refractivity contribution in [3.8, 4) is 0 Å². The topological polar surface area (TPSA) is 0 Å². The first-order valence-electron chi connectivity index (χ1n) is 14.7. The van der Waals surface area contributed by atoms with Crippen molar-refractivity contribution in [2.45, 2.75) is 44.9 Å². The summed E-state index contributed by atoms with van der Waals surface area (Å²) in [7, 11) is 0. The van der Waals surface area contributed by atoms with E-state index >= 15 is 0 Å². The van der Waals surface area contributed by atoms with Crippen LogP contribution in [0.2, 0.25) is 0 Å². The van der Waals surface area contributed by atoms with Crippen molar-refractivity contribution in [3.63, 3.8) is 0 Å². The molecule has 0 saturated carbocycles. The number of hydrogen-bond acceptors (Lipinski definition) is 0. The zero-order valence-electron chi connectivity index (χ0n) is 25.8. The van der Waals surface area contributed by atoms with Crippen molar-refractivity contribution in [1.29, 1.82) is 0 Å². The molecule has 0 saturated heterocycles. The van der Waals surface area contributed by atoms with Crippen LogP contribution in [0.5, 0.6) is 0 Å². The molecule has 0 N–H and O–H groups in total. The molecule has 0 heterocycles. The van der Waals surface area contributed by atoms with Gasteiger partial charge in [-0.15, -0.1) is 40.1 Å². The Morgan fingerprint density at radius 1 is 0.614 bits per heavy atom. The molecule has 0 aliphatic heterocycles. The van der Waals surface area contributed by atoms with E-state index in [2.05, 4.69) is 167 Å². The van der Waals surface area contributed by atoms with Crippen molar-refractivity contribution in [2.75, 3.05) is 0 Å². The third-order valence-corrected chi connectivity index (χ3v) is 11.4. The van der Waals surface area contributed by atoms with E-state index in [1.54, 1.807) is 3.21 Å². The first-order valence-corrected chi connectivity index (χ1v) is 15.9. The van der Waals surface area contributed by atoms with Gasteiger partial charge in [0.25, 0.3) is 0 Å². The molecule has 7 rings (SSSR count). The molecule has 0 spiro atoms. The van der Waals surface area contributed by atoms with Gasteiger partial charge in [0, 0.05) is 0 Å². The molecule has 0 radical (unpaired) electrons. The largest absolute Gasteiger partial charge is 1.00 e. The predicted molar refractivity (Wildman–Crippen MR) is 180 cm³/mol. The van der Waals surface area contributed by atoms with E-state index in [4.69, 9.17) is 0 Å². The molecular formula is C41H38Cl2Zr-2. The zero-order chi connectivity index (χ0) is 29.6. The Hall–Kier alpha value is -2.96. The minimum Gasteiger partial charge on any atom is -1.00 e. The first-order chi connectivity index (χ1) is 20.3. The van der Waals surface area contributed by atoms with Gasteiger partial charge in [-0.25, -0.2) is 12.2 Å². The summed E-state index contributed by atoms with van der Waals surface area (Å²) in [5.41, 5.74) is 2.99. The van der Waals surface area contributed by atoms with Gasteiger partial charge in [-0.1, -0.05) is 65.4 Å². The van der Waals surface area contributed by atoms with Gasteiger partial charge in [-0.2, -0.15) is 6.08 Å². The summed E-state index contributed by atoms with van der Waals surface area (Å²) in [6.45, 7) is 9.38. The molecule has 0 bridgehead atoms. The first kappa shape index (κ1) is 35.5. The Bertz CT molecular complexity index is 1800. The fraction of sp³-hybridized carbons (Fsp3) is 0.171. The van der Waals surface area contributed by atoms with Gasteiger partial charge >= 0.3 is 138 Å². The third-order valence-electron chi connectivity index (χ3n) is 8.35. The van der Waals surface area contributed by atoms with E-state index < -0.39 is 0 Å². The molecule has 1 aliphatic rings. The van der Waals surface area contributed by atoms with Gasteiger partial charge < -0.3 is 24.8 Å². The summed E-state index contributed by atoms with van der Waals surface area (Å²) in [4.78, 5) is 0. The Morgan fingerprint density at radius 3 is 1.66 bits per heavy atom. The molecule has 0 unspecified atom stereocenters. The van der Waals surface area contributed by atoms with Gasteiger partial charge in [0.05, 0.1) is 0 Å². The summed E-state index contributed by atoms with van der Waals surface area (Å²) in [6, 6.07) is 45.6. The molecule has 0 aromatic heterocycles. The average Bonchev–Trinajstić information content (AvgIpc) is 3.74. The Balaban J connectivity index is 0.000000201. The van der Waals surface area contributed by atoms with Gasteiger partial charge in [0.2, 0.25) is 0 Å². The monoisotopic (exact) mass is 690 g/mol. The zero-order valence-corrected chi connectivity index (χ0v) is 29.8. The Labute approximate surface area is 290 Å². The summed E-state index contributed by atoms with van der Waals surface area (Å²) < 4.78 is 1.58. The molecule has 0 nitrogen and oxygen atoms in total. The van der Waals surface area contributed by atoms with Crippen molar-refractivity contribution in [1.82, 2.24) is 0 Å². The predicted octanol–water partition coefficient (Wildman–Crippen LogP) is 4.84. The number of halogens is 2. The van der Waals surface area contributed by atoms with Crippen LogP contribution in [0.4, 0.5) is 0 Å². The van der Waals surface area contributed by atoms with Crippen LogP contribution in [0.25, 0.3) is 32.3 Å². The van der Waals surface area contributed by atoms with Crippen LogP contribution in [0.1, 0.15) is 45.2 Å². The van der Waals surface area contributed by atoms with Crippen LogP contribution in [-0.4, -0.2) is 3.21 Å². The van der Waals surface area contributed by atoms with Gasteiger partial charge in [0.1, 0.15) is 0 Å². The van der Waals surface area contributed by atoms with Gasteiger partial charge in [0.15, 0.2) is 0 Å². The molecule has 1 aliphatic carbocycles. The molecule has 0 amide bonds. The van der Waals surface area contributed by atoms with Crippen molar-refractivity contribution < 1.29 is 49.0 Å². The standard InChI is InChI=1S/C19H22.C17H11.C5H5.2ClH.Zr/c1-18(2,16-11-7-5-8-12-16)15-19(3,4)17-13-9-6-10-14-17;1-3-7-14-12(5-1)9-10-16-15-8-4-2-6-13(15)11-17(14)16;1-2-4-5-3-1;;;/h5-14H,1-4H3;1-11H;1-3H,4H2;2*1H;/q;2*-1;;;+2/p-2. The minimum absolute atomic E-state index is 0. The number of allylic oxidation sites excluding steroid dienone is 4. The second-order valence-corrected chi connectivity index (χ2v) is 13.1. The average molecular weight is 693 g/mol. The van der Waals surface area contributed by atoms with Crippen molar-refractivity contribution in [3.05, 3.63) is 163 Å². The molecular weight excluding hydrogens is 655 g/mol. The second kappa shape index (κ2) is 15.9. The van der Waals surface area contributed by atoms with E-state index in [0.29, 0.717) is 0 Å². The van der Waals surface area contributed by atoms with Crippen LogP contribution in [0.15, 0.2) is 146 Å². The fourth-order valence-corrected chi connectivity index (χ4v) is 6.54. The third kappa shape index (κ3) is 7.81. The van der Waals surface area contributed by atoms with Gasteiger partial charge in [-0.05, 0) is 0 Å². The van der Waals surface area contributed by atoms with E-state index in [1.807, 2.05) is 12.2 Å². The smallest absolute Gasteiger partial charge is 0.0520 e. The maximum atomic E-state index is 2.99. The maximum Gasteiger partial charge on any atom is -0.0520 e. The van der Waals surface area contributed by atoms with Gasteiger partial charge in [-0.3, -0.25) is 6.08 Å². The summed E-state index contributed by atoms with van der Waals surface area (Å²) in [5.74, 6) is 0. The quantitative estimate of drug-likeness (QED) is 0.232. The molecule has 6 aromatic carbocycles.